The molecule has 0 saturated heterocycles. The van der Waals surface area contributed by atoms with Crippen LogP contribution in [0.5, 0.6) is 0 Å². The maximum absolute atomic E-state index is 9.59. The molecule has 0 heterocycles. The SMILES string of the molecule is CC(C)=O.CCCO.COC(C)=O.COC(C)=O. The van der Waals surface area contributed by atoms with Gasteiger partial charge in [-0.05, 0) is 20.3 Å². The molecule has 0 aliphatic carbocycles. The molecule has 0 rings (SSSR count). The Morgan fingerprint density at radius 1 is 0.889 bits per heavy atom. The second-order valence-electron chi connectivity index (χ2n) is 3.02. The molecule has 0 spiro atoms. The molecular weight excluding hydrogens is 240 g/mol. The fraction of sp³-hybridized carbons (Fsp3) is 0.750. The molecule has 0 radical (unpaired) electrons. The first-order chi connectivity index (χ1) is 8.19. The molecule has 0 aliphatic rings. The third kappa shape index (κ3) is 211. The summed E-state index contributed by atoms with van der Waals surface area (Å²) in [5.41, 5.74) is 0. The first-order valence-electron chi connectivity index (χ1n) is 5.36. The van der Waals surface area contributed by atoms with E-state index < -0.39 is 0 Å². The van der Waals surface area contributed by atoms with Gasteiger partial charge >= 0.3 is 11.9 Å². The van der Waals surface area contributed by atoms with E-state index in [-0.39, 0.29) is 17.7 Å². The molecule has 1 N–H and O–H groups in total. The molecular formula is C12H26O6. The minimum Gasteiger partial charge on any atom is -0.469 e. The molecule has 0 aromatic carbocycles. The summed E-state index contributed by atoms with van der Waals surface area (Å²) in [6.07, 6.45) is 0.875. The van der Waals surface area contributed by atoms with E-state index in [1.165, 1.54) is 41.9 Å². The number of carbonyl (C=O) groups is 3. The zero-order chi connectivity index (χ0) is 15.6. The normalized spacial score (nSPS) is 6.89. The zero-order valence-electron chi connectivity index (χ0n) is 12.4. The molecule has 0 unspecified atom stereocenters. The fourth-order valence-electron chi connectivity index (χ4n) is 0. The van der Waals surface area contributed by atoms with Crippen molar-refractivity contribution in [3.63, 3.8) is 0 Å². The van der Waals surface area contributed by atoms with Crippen LogP contribution in [0.15, 0.2) is 0 Å². The Hall–Kier alpha value is -1.43. The van der Waals surface area contributed by atoms with Crippen molar-refractivity contribution in [2.24, 2.45) is 0 Å². The van der Waals surface area contributed by atoms with Gasteiger partial charge in [-0.3, -0.25) is 9.59 Å². The number of ether oxygens (including phenoxy) is 2. The lowest BCUT2D eigenvalue weighted by molar-refractivity contribution is -0.138. The summed E-state index contributed by atoms with van der Waals surface area (Å²) >= 11 is 0. The van der Waals surface area contributed by atoms with Crippen molar-refractivity contribution in [3.05, 3.63) is 0 Å². The van der Waals surface area contributed by atoms with Gasteiger partial charge in [0.1, 0.15) is 5.78 Å². The lowest BCUT2D eigenvalue weighted by Gasteiger charge is -1.80. The first-order valence-corrected chi connectivity index (χ1v) is 5.36. The number of esters is 2. The minimum absolute atomic E-state index is 0.167. The van der Waals surface area contributed by atoms with E-state index in [0.717, 1.165) is 6.42 Å². The first kappa shape index (κ1) is 25.4. The van der Waals surface area contributed by atoms with Crippen LogP contribution in [-0.2, 0) is 23.9 Å². The van der Waals surface area contributed by atoms with Gasteiger partial charge in [0.15, 0.2) is 0 Å². The van der Waals surface area contributed by atoms with E-state index in [4.69, 9.17) is 5.11 Å². The Kier molecular flexibility index (Phi) is 34.9. The molecule has 110 valence electrons. The number of aliphatic hydroxyl groups is 1. The highest BCUT2D eigenvalue weighted by atomic mass is 16.5. The minimum atomic E-state index is -0.245. The summed E-state index contributed by atoms with van der Waals surface area (Å²) in [7, 11) is 2.70. The predicted octanol–water partition coefficient (Wildman–Crippen LogP) is 1.34. The van der Waals surface area contributed by atoms with Crippen LogP contribution in [0.1, 0.15) is 41.0 Å². The van der Waals surface area contributed by atoms with Crippen LogP contribution in [0, 0.1) is 0 Å². The molecule has 6 nitrogen and oxygen atoms in total. The van der Waals surface area contributed by atoms with Gasteiger partial charge in [-0.1, -0.05) is 6.92 Å². The smallest absolute Gasteiger partial charge is 0.302 e. The highest BCUT2D eigenvalue weighted by Gasteiger charge is 1.76. The number of rotatable bonds is 1. The summed E-state index contributed by atoms with van der Waals surface area (Å²) in [6.45, 7) is 8.03. The van der Waals surface area contributed by atoms with Gasteiger partial charge in [0, 0.05) is 20.5 Å². The quantitative estimate of drug-likeness (QED) is 0.720. The number of ketones is 1. The van der Waals surface area contributed by atoms with E-state index in [9.17, 15) is 14.4 Å². The summed E-state index contributed by atoms with van der Waals surface area (Å²) in [6, 6.07) is 0. The highest BCUT2D eigenvalue weighted by molar-refractivity contribution is 5.72. The number of hydrogen-bond donors (Lipinski definition) is 1. The highest BCUT2D eigenvalue weighted by Crippen LogP contribution is 1.61. The summed E-state index contributed by atoms with van der Waals surface area (Å²) in [4.78, 5) is 28.6. The van der Waals surface area contributed by atoms with Crippen LogP contribution in [0.4, 0.5) is 0 Å². The Morgan fingerprint density at radius 3 is 1.00 bits per heavy atom. The average Bonchev–Trinajstić information content (AvgIpc) is 2.29. The van der Waals surface area contributed by atoms with E-state index in [0.29, 0.717) is 6.61 Å². The summed E-state index contributed by atoms with van der Waals surface area (Å²) in [5, 5.41) is 7.88. The summed E-state index contributed by atoms with van der Waals surface area (Å²) < 4.78 is 8.22. The van der Waals surface area contributed by atoms with Crippen molar-refractivity contribution >= 4 is 17.7 Å². The van der Waals surface area contributed by atoms with E-state index in [1.807, 2.05) is 6.92 Å². The zero-order valence-corrected chi connectivity index (χ0v) is 12.4. The van der Waals surface area contributed by atoms with Crippen molar-refractivity contribution in [3.8, 4) is 0 Å². The van der Waals surface area contributed by atoms with Gasteiger partial charge in [0.05, 0.1) is 14.2 Å². The van der Waals surface area contributed by atoms with Crippen molar-refractivity contribution in [2.75, 3.05) is 20.8 Å². The topological polar surface area (TPSA) is 89.9 Å². The van der Waals surface area contributed by atoms with Crippen molar-refractivity contribution in [2.45, 2.75) is 41.0 Å². The van der Waals surface area contributed by atoms with Crippen LogP contribution < -0.4 is 0 Å². The molecule has 0 saturated carbocycles. The molecule has 0 aromatic heterocycles. The van der Waals surface area contributed by atoms with Gasteiger partial charge in [0.25, 0.3) is 0 Å². The molecule has 0 atom stereocenters. The van der Waals surface area contributed by atoms with Gasteiger partial charge in [0.2, 0.25) is 0 Å². The second kappa shape index (κ2) is 24.7. The van der Waals surface area contributed by atoms with Gasteiger partial charge in [-0.2, -0.15) is 0 Å². The fourth-order valence-corrected chi connectivity index (χ4v) is 0. The number of methoxy groups -OCH3 is 2. The molecule has 6 heteroatoms. The van der Waals surface area contributed by atoms with Crippen LogP contribution >= 0.6 is 0 Å². The van der Waals surface area contributed by atoms with Crippen molar-refractivity contribution in [1.82, 2.24) is 0 Å². The van der Waals surface area contributed by atoms with Crippen LogP contribution in [0.3, 0.4) is 0 Å². The third-order valence-electron chi connectivity index (χ3n) is 0.799. The number of hydrogen-bond acceptors (Lipinski definition) is 6. The van der Waals surface area contributed by atoms with Crippen LogP contribution in [-0.4, -0.2) is 43.7 Å². The third-order valence-corrected chi connectivity index (χ3v) is 0.799. The molecule has 0 aliphatic heterocycles. The molecule has 0 amide bonds. The summed E-state index contributed by atoms with van der Waals surface area (Å²) in [5.74, 6) is -0.324. The predicted molar refractivity (Wildman–Crippen MR) is 69.1 cm³/mol. The number of aliphatic hydroxyl groups excluding tert-OH is 1. The Morgan fingerprint density at radius 2 is 1.00 bits per heavy atom. The Bertz CT molecular complexity index is 181. The van der Waals surface area contributed by atoms with E-state index in [2.05, 4.69) is 9.47 Å². The van der Waals surface area contributed by atoms with Crippen LogP contribution in [0.25, 0.3) is 0 Å². The van der Waals surface area contributed by atoms with Gasteiger partial charge < -0.3 is 19.4 Å². The Balaban J connectivity index is -0.0000000731. The Labute approximate surface area is 109 Å². The number of Topliss-reactive ketones (excluding diaryl/α,β-unsaturated/α-hetero) is 1. The average molecular weight is 266 g/mol. The van der Waals surface area contributed by atoms with Crippen molar-refractivity contribution in [1.29, 1.82) is 0 Å². The molecule has 0 fully saturated rings. The molecule has 18 heavy (non-hydrogen) atoms. The van der Waals surface area contributed by atoms with Crippen molar-refractivity contribution < 1.29 is 29.0 Å². The molecule has 0 bridgehead atoms. The van der Waals surface area contributed by atoms with Crippen LogP contribution in [0.2, 0.25) is 0 Å². The molecule has 0 aromatic rings. The largest absolute Gasteiger partial charge is 0.469 e. The standard InChI is InChI=1S/2C3H6O2.C3H6O.C3H8O/c2*1-3(4)5-2;1-3(2)4;1-2-3-4/h2*1-2H3;1-2H3;4H,2-3H2,1H3. The number of carbonyl (C=O) groups excluding carboxylic acids is 3. The lowest BCUT2D eigenvalue weighted by atomic mass is 10.5. The lowest BCUT2D eigenvalue weighted by Crippen LogP contribution is -1.88. The van der Waals surface area contributed by atoms with Gasteiger partial charge in [-0.15, -0.1) is 0 Å². The van der Waals surface area contributed by atoms with E-state index >= 15 is 0 Å². The van der Waals surface area contributed by atoms with Gasteiger partial charge in [-0.25, -0.2) is 0 Å². The van der Waals surface area contributed by atoms with E-state index in [1.54, 1.807) is 0 Å². The maximum atomic E-state index is 9.59. The second-order valence-corrected chi connectivity index (χ2v) is 3.02. The maximum Gasteiger partial charge on any atom is 0.302 e. The monoisotopic (exact) mass is 266 g/mol.